The lowest BCUT2D eigenvalue weighted by atomic mass is 10.3. The Morgan fingerprint density at radius 3 is 2.50 bits per heavy atom. The number of phenols is 1. The number of aromatic amines is 1. The summed E-state index contributed by atoms with van der Waals surface area (Å²) in [6, 6.07) is 7.11. The predicted octanol–water partition coefficient (Wildman–Crippen LogP) is 1.33. The molecule has 0 atom stereocenters. The van der Waals surface area contributed by atoms with Crippen molar-refractivity contribution in [3.8, 4) is 5.75 Å². The van der Waals surface area contributed by atoms with Gasteiger partial charge in [0, 0.05) is 6.07 Å². The summed E-state index contributed by atoms with van der Waals surface area (Å²) in [6.45, 7) is 0. The molecular formula is C10H10N4O2. The Bertz CT molecular complexity index is 478. The summed E-state index contributed by atoms with van der Waals surface area (Å²) < 4.78 is 0. The first kappa shape index (κ1) is 10.0. The van der Waals surface area contributed by atoms with Gasteiger partial charge in [-0.3, -0.25) is 5.10 Å². The molecule has 6 heteroatoms. The molecule has 6 nitrogen and oxygen atoms in total. The third-order valence-corrected chi connectivity index (χ3v) is 2.06. The largest absolute Gasteiger partial charge is 0.508 e. The number of aromatic nitrogens is 2. The van der Waals surface area contributed by atoms with Crippen molar-refractivity contribution in [2.24, 2.45) is 5.73 Å². The Hall–Kier alpha value is -2.50. The van der Waals surface area contributed by atoms with Crippen LogP contribution >= 0.6 is 0 Å². The Morgan fingerprint density at radius 2 is 2.00 bits per heavy atom. The Morgan fingerprint density at radius 1 is 1.31 bits per heavy atom. The second-order valence-electron chi connectivity index (χ2n) is 3.13. The number of urea groups is 1. The van der Waals surface area contributed by atoms with Crippen molar-refractivity contribution in [3.63, 3.8) is 0 Å². The number of carbonyl (C=O) groups excluding carboxylic acids is 1. The van der Waals surface area contributed by atoms with E-state index in [4.69, 9.17) is 10.8 Å². The van der Waals surface area contributed by atoms with Gasteiger partial charge in [-0.25, -0.2) is 9.69 Å². The van der Waals surface area contributed by atoms with E-state index in [1.54, 1.807) is 18.2 Å². The molecule has 2 aromatic rings. The number of nitrogens with two attached hydrogens (primary N) is 1. The molecule has 1 aromatic heterocycles. The van der Waals surface area contributed by atoms with Gasteiger partial charge in [-0.15, -0.1) is 0 Å². The maximum Gasteiger partial charge on any atom is 0.325 e. The second-order valence-corrected chi connectivity index (χ2v) is 3.13. The molecule has 82 valence electrons. The summed E-state index contributed by atoms with van der Waals surface area (Å²) in [7, 11) is 0. The van der Waals surface area contributed by atoms with E-state index in [0.29, 0.717) is 11.5 Å². The lowest BCUT2D eigenvalue weighted by molar-refractivity contribution is 0.256. The zero-order valence-electron chi connectivity index (χ0n) is 8.29. The molecule has 16 heavy (non-hydrogen) atoms. The number of hydrogen-bond acceptors (Lipinski definition) is 3. The first-order chi connectivity index (χ1) is 7.68. The summed E-state index contributed by atoms with van der Waals surface area (Å²) in [5.41, 5.74) is 5.83. The van der Waals surface area contributed by atoms with Gasteiger partial charge in [-0.2, -0.15) is 5.10 Å². The van der Waals surface area contributed by atoms with Crippen LogP contribution in [-0.4, -0.2) is 21.3 Å². The van der Waals surface area contributed by atoms with Crippen LogP contribution in [0.5, 0.6) is 5.75 Å². The molecule has 0 aliphatic rings. The fourth-order valence-corrected chi connectivity index (χ4v) is 1.36. The minimum atomic E-state index is -0.630. The van der Waals surface area contributed by atoms with Crippen LogP contribution in [0, 0.1) is 0 Å². The van der Waals surface area contributed by atoms with Gasteiger partial charge in [-0.1, -0.05) is 0 Å². The van der Waals surface area contributed by atoms with Gasteiger partial charge in [0.2, 0.25) is 0 Å². The SMILES string of the molecule is NC(=O)N(c1ccc(O)cc1)c1ccn[nH]1. The van der Waals surface area contributed by atoms with E-state index in [9.17, 15) is 4.79 Å². The van der Waals surface area contributed by atoms with Gasteiger partial charge in [-0.05, 0) is 24.3 Å². The minimum Gasteiger partial charge on any atom is -0.508 e. The molecule has 0 fully saturated rings. The van der Waals surface area contributed by atoms with Crippen LogP contribution in [0.2, 0.25) is 0 Å². The van der Waals surface area contributed by atoms with Gasteiger partial charge in [0.1, 0.15) is 11.6 Å². The second kappa shape index (κ2) is 3.93. The van der Waals surface area contributed by atoms with Crippen LogP contribution in [-0.2, 0) is 0 Å². The molecule has 0 bridgehead atoms. The monoisotopic (exact) mass is 218 g/mol. The average molecular weight is 218 g/mol. The van der Waals surface area contributed by atoms with Gasteiger partial charge in [0.25, 0.3) is 0 Å². The Kier molecular flexibility index (Phi) is 2.47. The summed E-state index contributed by atoms with van der Waals surface area (Å²) in [5.74, 6) is 0.593. The van der Waals surface area contributed by atoms with Crippen LogP contribution in [0.15, 0.2) is 36.5 Å². The number of hydrogen-bond donors (Lipinski definition) is 3. The number of nitrogens with zero attached hydrogens (tertiary/aromatic N) is 2. The van der Waals surface area contributed by atoms with E-state index in [1.165, 1.54) is 23.2 Å². The van der Waals surface area contributed by atoms with Crippen molar-refractivity contribution < 1.29 is 9.90 Å². The number of carbonyl (C=O) groups is 1. The van der Waals surface area contributed by atoms with Crippen LogP contribution in [0.25, 0.3) is 0 Å². The normalized spacial score (nSPS) is 10.0. The summed E-state index contributed by atoms with van der Waals surface area (Å²) >= 11 is 0. The third-order valence-electron chi connectivity index (χ3n) is 2.06. The molecule has 2 amide bonds. The smallest absolute Gasteiger partial charge is 0.325 e. The molecule has 0 unspecified atom stereocenters. The van der Waals surface area contributed by atoms with Gasteiger partial charge in [0.15, 0.2) is 0 Å². The maximum absolute atomic E-state index is 11.3. The number of anilines is 2. The number of nitrogens with one attached hydrogen (secondary N) is 1. The predicted molar refractivity (Wildman–Crippen MR) is 58.4 cm³/mol. The zero-order valence-corrected chi connectivity index (χ0v) is 8.29. The third kappa shape index (κ3) is 1.81. The van der Waals surface area contributed by atoms with E-state index in [0.717, 1.165) is 0 Å². The standard InChI is InChI=1S/C10H10N4O2/c11-10(16)14(9-5-6-12-13-9)7-1-3-8(15)4-2-7/h1-6,15H,(H2,11,16)(H,12,13). The first-order valence-electron chi connectivity index (χ1n) is 4.56. The highest BCUT2D eigenvalue weighted by Crippen LogP contribution is 2.24. The van der Waals surface area contributed by atoms with Crippen molar-refractivity contribution in [1.82, 2.24) is 10.2 Å². The van der Waals surface area contributed by atoms with Crippen molar-refractivity contribution in [3.05, 3.63) is 36.5 Å². The first-order valence-corrected chi connectivity index (χ1v) is 4.56. The molecule has 0 radical (unpaired) electrons. The number of phenolic OH excluding ortho intramolecular Hbond substituents is 1. The number of rotatable bonds is 2. The number of amides is 2. The van der Waals surface area contributed by atoms with Crippen molar-refractivity contribution in [2.75, 3.05) is 4.90 Å². The van der Waals surface area contributed by atoms with Gasteiger partial charge < -0.3 is 10.8 Å². The molecule has 1 aromatic carbocycles. The molecule has 2 rings (SSSR count). The van der Waals surface area contributed by atoms with Crippen LogP contribution < -0.4 is 10.6 Å². The number of primary amides is 1. The topological polar surface area (TPSA) is 95.2 Å². The van der Waals surface area contributed by atoms with E-state index in [-0.39, 0.29) is 5.75 Å². The number of aromatic hydroxyl groups is 1. The maximum atomic E-state index is 11.3. The molecular weight excluding hydrogens is 208 g/mol. The fourth-order valence-electron chi connectivity index (χ4n) is 1.36. The fraction of sp³-hybridized carbons (Fsp3) is 0. The minimum absolute atomic E-state index is 0.123. The summed E-state index contributed by atoms with van der Waals surface area (Å²) in [4.78, 5) is 12.6. The summed E-state index contributed by atoms with van der Waals surface area (Å²) in [6.07, 6.45) is 1.52. The average Bonchev–Trinajstić information content (AvgIpc) is 2.74. The van der Waals surface area contributed by atoms with Gasteiger partial charge >= 0.3 is 6.03 Å². The molecule has 4 N–H and O–H groups in total. The number of H-pyrrole nitrogens is 1. The van der Waals surface area contributed by atoms with E-state index < -0.39 is 6.03 Å². The van der Waals surface area contributed by atoms with E-state index >= 15 is 0 Å². The Labute approximate surface area is 91.3 Å². The molecule has 0 aliphatic carbocycles. The molecule has 1 heterocycles. The molecule has 0 aliphatic heterocycles. The lowest BCUT2D eigenvalue weighted by Gasteiger charge is -2.17. The highest BCUT2D eigenvalue weighted by atomic mass is 16.3. The van der Waals surface area contributed by atoms with E-state index in [2.05, 4.69) is 10.2 Å². The molecule has 0 saturated carbocycles. The highest BCUT2D eigenvalue weighted by molar-refractivity contribution is 5.97. The highest BCUT2D eigenvalue weighted by Gasteiger charge is 2.15. The lowest BCUT2D eigenvalue weighted by Crippen LogP contribution is -2.31. The summed E-state index contributed by atoms with van der Waals surface area (Å²) in [5, 5.41) is 15.5. The van der Waals surface area contributed by atoms with Crippen molar-refractivity contribution in [1.29, 1.82) is 0 Å². The quantitative estimate of drug-likeness (QED) is 0.709. The Balaban J connectivity index is 2.41. The zero-order chi connectivity index (χ0) is 11.5. The van der Waals surface area contributed by atoms with Crippen LogP contribution in [0.4, 0.5) is 16.3 Å². The van der Waals surface area contributed by atoms with Crippen LogP contribution in [0.3, 0.4) is 0 Å². The van der Waals surface area contributed by atoms with E-state index in [1.807, 2.05) is 0 Å². The molecule has 0 spiro atoms. The van der Waals surface area contributed by atoms with Gasteiger partial charge in [0.05, 0.1) is 11.9 Å². The van der Waals surface area contributed by atoms with Crippen molar-refractivity contribution >= 4 is 17.5 Å². The van der Waals surface area contributed by atoms with Crippen LogP contribution in [0.1, 0.15) is 0 Å². The molecule has 0 saturated heterocycles. The van der Waals surface area contributed by atoms with Crippen molar-refractivity contribution in [2.45, 2.75) is 0 Å². The number of benzene rings is 1.